The van der Waals surface area contributed by atoms with E-state index in [0.29, 0.717) is 12.5 Å². The third-order valence-electron chi connectivity index (χ3n) is 5.02. The molecule has 0 radical (unpaired) electrons. The molecule has 0 saturated heterocycles. The van der Waals surface area contributed by atoms with Gasteiger partial charge in [0.1, 0.15) is 5.75 Å². The lowest BCUT2D eigenvalue weighted by Gasteiger charge is -2.15. The molecule has 1 aromatic carbocycles. The second-order valence-corrected chi connectivity index (χ2v) is 6.82. The first-order valence-corrected chi connectivity index (χ1v) is 9.53. The molecule has 0 aliphatic heterocycles. The average Bonchev–Trinajstić information content (AvgIpc) is 3.39. The van der Waals surface area contributed by atoms with Crippen LogP contribution in [0.1, 0.15) is 29.9 Å². The van der Waals surface area contributed by atoms with E-state index in [0.717, 1.165) is 28.4 Å². The summed E-state index contributed by atoms with van der Waals surface area (Å²) in [4.78, 5) is 8.66. The van der Waals surface area contributed by atoms with Crippen molar-refractivity contribution >= 4 is 0 Å². The lowest BCUT2D eigenvalue weighted by Crippen LogP contribution is -2.20. The van der Waals surface area contributed by atoms with Gasteiger partial charge in [0.05, 0.1) is 19.0 Å². The van der Waals surface area contributed by atoms with E-state index in [2.05, 4.69) is 40.3 Å². The van der Waals surface area contributed by atoms with E-state index in [1.807, 2.05) is 58.0 Å². The quantitative estimate of drug-likeness (QED) is 0.524. The summed E-state index contributed by atoms with van der Waals surface area (Å²) in [7, 11) is 1.67. The molecule has 4 rings (SSSR count). The highest BCUT2D eigenvalue weighted by atomic mass is 16.5. The van der Waals surface area contributed by atoms with Crippen molar-refractivity contribution in [3.05, 3.63) is 84.2 Å². The van der Waals surface area contributed by atoms with Crippen molar-refractivity contribution in [3.8, 4) is 17.4 Å². The Morgan fingerprint density at radius 2 is 1.83 bits per heavy atom. The van der Waals surface area contributed by atoms with E-state index in [4.69, 9.17) is 4.74 Å². The lowest BCUT2D eigenvalue weighted by atomic mass is 10.1. The van der Waals surface area contributed by atoms with E-state index in [1.165, 1.54) is 0 Å². The second-order valence-electron chi connectivity index (χ2n) is 6.82. The Balaban J connectivity index is 1.48. The van der Waals surface area contributed by atoms with Crippen molar-refractivity contribution in [2.24, 2.45) is 0 Å². The summed E-state index contributed by atoms with van der Waals surface area (Å²) < 4.78 is 9.18. The van der Waals surface area contributed by atoms with E-state index >= 15 is 0 Å². The number of ether oxygens (including phenoxy) is 1. The maximum Gasteiger partial charge on any atom is 0.233 e. The van der Waals surface area contributed by atoms with Gasteiger partial charge >= 0.3 is 0 Å². The van der Waals surface area contributed by atoms with Gasteiger partial charge in [0, 0.05) is 48.1 Å². The van der Waals surface area contributed by atoms with E-state index in [9.17, 15) is 0 Å². The Labute approximate surface area is 170 Å². The largest absolute Gasteiger partial charge is 0.497 e. The first-order valence-electron chi connectivity index (χ1n) is 9.53. The molecule has 0 amide bonds. The molecule has 0 saturated carbocycles. The van der Waals surface area contributed by atoms with Gasteiger partial charge in [-0.25, -0.2) is 14.6 Å². The number of benzene rings is 1. The van der Waals surface area contributed by atoms with Crippen LogP contribution in [0.25, 0.3) is 11.6 Å². The van der Waals surface area contributed by atoms with E-state index < -0.39 is 0 Å². The minimum absolute atomic E-state index is 0.141. The molecule has 0 spiro atoms. The Morgan fingerprint density at radius 1 is 1.07 bits per heavy atom. The summed E-state index contributed by atoms with van der Waals surface area (Å²) in [5, 5.41) is 8.17. The van der Waals surface area contributed by atoms with Crippen LogP contribution in [0.2, 0.25) is 0 Å². The summed E-state index contributed by atoms with van der Waals surface area (Å²) in [5.41, 5.74) is 4.38. The molecule has 0 aliphatic carbocycles. The smallest absolute Gasteiger partial charge is 0.233 e. The highest BCUT2D eigenvalue weighted by Gasteiger charge is 2.15. The molecule has 0 fully saturated rings. The Hall–Kier alpha value is -3.45. The molecule has 1 unspecified atom stereocenters. The predicted octanol–water partition coefficient (Wildman–Crippen LogP) is 3.62. The second kappa shape index (κ2) is 8.28. The van der Waals surface area contributed by atoms with Crippen LogP contribution in [0.4, 0.5) is 0 Å². The van der Waals surface area contributed by atoms with Crippen molar-refractivity contribution in [2.45, 2.75) is 26.4 Å². The van der Waals surface area contributed by atoms with Crippen LogP contribution in [0.15, 0.2) is 67.3 Å². The minimum atomic E-state index is 0.141. The summed E-state index contributed by atoms with van der Waals surface area (Å²) in [6, 6.07) is 13.9. The molecular weight excluding hydrogens is 364 g/mol. The number of aromatic nitrogens is 5. The predicted molar refractivity (Wildman–Crippen MR) is 111 cm³/mol. The molecule has 1 N–H and O–H groups in total. The van der Waals surface area contributed by atoms with E-state index in [1.54, 1.807) is 19.5 Å². The Bertz CT molecular complexity index is 1070. The molecule has 4 aromatic rings. The fourth-order valence-electron chi connectivity index (χ4n) is 3.37. The normalized spacial score (nSPS) is 12.1. The van der Waals surface area contributed by atoms with Gasteiger partial charge < -0.3 is 10.1 Å². The molecule has 3 heterocycles. The highest BCUT2D eigenvalue weighted by molar-refractivity contribution is 5.39. The van der Waals surface area contributed by atoms with Crippen molar-refractivity contribution in [3.63, 3.8) is 0 Å². The van der Waals surface area contributed by atoms with Crippen molar-refractivity contribution in [1.29, 1.82) is 0 Å². The Kier molecular flexibility index (Phi) is 5.39. The van der Waals surface area contributed by atoms with Crippen LogP contribution >= 0.6 is 0 Å². The number of rotatable bonds is 7. The van der Waals surface area contributed by atoms with Gasteiger partial charge in [0.15, 0.2) is 0 Å². The van der Waals surface area contributed by atoms with Gasteiger partial charge in [0.25, 0.3) is 0 Å². The van der Waals surface area contributed by atoms with Crippen LogP contribution in [-0.2, 0) is 6.54 Å². The summed E-state index contributed by atoms with van der Waals surface area (Å²) in [6.07, 6.45) is 7.40. The topological polar surface area (TPSA) is 69.8 Å². The van der Waals surface area contributed by atoms with Crippen LogP contribution in [0, 0.1) is 6.92 Å². The zero-order chi connectivity index (χ0) is 20.2. The summed E-state index contributed by atoms with van der Waals surface area (Å²) >= 11 is 0. The van der Waals surface area contributed by atoms with Gasteiger partial charge in [-0.15, -0.1) is 0 Å². The van der Waals surface area contributed by atoms with E-state index in [-0.39, 0.29) is 6.04 Å². The minimum Gasteiger partial charge on any atom is -0.497 e. The van der Waals surface area contributed by atoms with Gasteiger partial charge in [-0.1, -0.05) is 0 Å². The molecule has 29 heavy (non-hydrogen) atoms. The van der Waals surface area contributed by atoms with Crippen LogP contribution in [0.5, 0.6) is 5.75 Å². The molecule has 148 valence electrons. The number of hydrogen-bond acceptors (Lipinski definition) is 5. The first kappa shape index (κ1) is 18.9. The first-order chi connectivity index (χ1) is 14.2. The van der Waals surface area contributed by atoms with Crippen LogP contribution in [0.3, 0.4) is 0 Å². The van der Waals surface area contributed by atoms with Gasteiger partial charge in [-0.3, -0.25) is 4.57 Å². The standard InChI is InChI=1S/C22H24N6O/c1-16(25-14-19-6-4-13-27(19)22-23-11-5-12-24-22)21-15-26-28(17(21)2)18-7-9-20(29-3)10-8-18/h4-13,15-16,25H,14H2,1-3H3. The maximum atomic E-state index is 5.24. The zero-order valence-corrected chi connectivity index (χ0v) is 16.8. The highest BCUT2D eigenvalue weighted by Crippen LogP contribution is 2.22. The molecule has 0 aliphatic rings. The number of nitrogens with zero attached hydrogens (tertiary/aromatic N) is 5. The van der Waals surface area contributed by atoms with Crippen molar-refractivity contribution < 1.29 is 4.74 Å². The lowest BCUT2D eigenvalue weighted by molar-refractivity contribution is 0.414. The zero-order valence-electron chi connectivity index (χ0n) is 16.8. The SMILES string of the molecule is COc1ccc(-n2ncc(C(C)NCc3cccn3-c3ncccn3)c2C)cc1. The van der Waals surface area contributed by atoms with Gasteiger partial charge in [-0.2, -0.15) is 5.10 Å². The van der Waals surface area contributed by atoms with Crippen molar-refractivity contribution in [1.82, 2.24) is 29.6 Å². The fraction of sp³-hybridized carbons (Fsp3) is 0.227. The molecule has 0 bridgehead atoms. The third kappa shape index (κ3) is 3.90. The molecule has 7 heteroatoms. The van der Waals surface area contributed by atoms with Crippen LogP contribution < -0.4 is 10.1 Å². The third-order valence-corrected chi connectivity index (χ3v) is 5.02. The molecule has 3 aromatic heterocycles. The van der Waals surface area contributed by atoms with Crippen molar-refractivity contribution in [2.75, 3.05) is 7.11 Å². The molecular formula is C22H24N6O. The van der Waals surface area contributed by atoms with Gasteiger partial charge in [-0.05, 0) is 56.3 Å². The average molecular weight is 388 g/mol. The molecule has 1 atom stereocenters. The monoisotopic (exact) mass is 388 g/mol. The molecule has 7 nitrogen and oxygen atoms in total. The summed E-state index contributed by atoms with van der Waals surface area (Å²) in [6.45, 7) is 4.93. The summed E-state index contributed by atoms with van der Waals surface area (Å²) in [5.74, 6) is 1.50. The number of hydrogen-bond donors (Lipinski definition) is 1. The fourth-order valence-corrected chi connectivity index (χ4v) is 3.37. The number of nitrogens with one attached hydrogen (secondary N) is 1. The Morgan fingerprint density at radius 3 is 2.55 bits per heavy atom. The number of methoxy groups -OCH3 is 1. The van der Waals surface area contributed by atoms with Crippen LogP contribution in [-0.4, -0.2) is 31.4 Å². The maximum absolute atomic E-state index is 5.24. The van der Waals surface area contributed by atoms with Gasteiger partial charge in [0.2, 0.25) is 5.95 Å².